The number of aromatic nitrogens is 2. The van der Waals surface area contributed by atoms with Crippen molar-refractivity contribution in [3.63, 3.8) is 0 Å². The number of carbonyl (C=O) groups excluding carboxylic acids is 1. The molecule has 0 fully saturated rings. The van der Waals surface area contributed by atoms with Crippen LogP contribution in [0, 0.1) is 0 Å². The second-order valence-corrected chi connectivity index (χ2v) is 10.5. The highest BCUT2D eigenvalue weighted by Crippen LogP contribution is 2.19. The van der Waals surface area contributed by atoms with Crippen LogP contribution in [0.5, 0.6) is 11.5 Å². The van der Waals surface area contributed by atoms with Gasteiger partial charge in [-0.25, -0.2) is 9.97 Å². The van der Waals surface area contributed by atoms with Gasteiger partial charge < -0.3 is 43.1 Å². The van der Waals surface area contributed by atoms with Crippen molar-refractivity contribution in [2.45, 2.75) is 38.6 Å². The summed E-state index contributed by atoms with van der Waals surface area (Å²) < 4.78 is 11.4. The molecule has 0 radical (unpaired) electrons. The van der Waals surface area contributed by atoms with Crippen LogP contribution in [0.15, 0.2) is 48.5 Å². The van der Waals surface area contributed by atoms with E-state index in [9.17, 15) is 4.79 Å². The van der Waals surface area contributed by atoms with Crippen LogP contribution in [0.1, 0.15) is 41.4 Å². The molecule has 3 rings (SSSR count). The lowest BCUT2D eigenvalue weighted by atomic mass is 10.1. The standard InChI is InChI=1S/C29H39ClN6O3.ClH/c1-20(33-29(37)25-27(31)35-28(32)26(30)34-25)19-36(2,17-5-7-21-9-13-23(38-3)14-10-21)18-6-8-22-11-15-24(39-4)16-12-22;/h9-16,20H,5-8,17-19H2,1-4H3,(H4-,31,32,33,35,37);1H/t20-;/m0./s1. The van der Waals surface area contributed by atoms with Gasteiger partial charge in [0.25, 0.3) is 5.91 Å². The minimum atomic E-state index is -0.419. The third-order valence-corrected chi connectivity index (χ3v) is 7.14. The molecule has 218 valence electrons. The number of ether oxygens (including phenoxy) is 2. The van der Waals surface area contributed by atoms with Gasteiger partial charge in [0.05, 0.1) is 46.9 Å². The summed E-state index contributed by atoms with van der Waals surface area (Å²) in [6.07, 6.45) is 3.95. The van der Waals surface area contributed by atoms with E-state index in [4.69, 9.17) is 32.5 Å². The van der Waals surface area contributed by atoms with Gasteiger partial charge in [-0.15, -0.1) is 0 Å². The van der Waals surface area contributed by atoms with Crippen molar-refractivity contribution in [1.29, 1.82) is 0 Å². The quantitative estimate of drug-likeness (QED) is 0.240. The van der Waals surface area contributed by atoms with E-state index in [-0.39, 0.29) is 40.9 Å². The van der Waals surface area contributed by atoms with Crippen LogP contribution in [-0.4, -0.2) is 67.3 Å². The van der Waals surface area contributed by atoms with E-state index in [2.05, 4.69) is 46.6 Å². The van der Waals surface area contributed by atoms with E-state index < -0.39 is 5.91 Å². The number of likely N-dealkylation sites (N-methyl/N-ethyl adjacent to an activating group) is 1. The second kappa shape index (κ2) is 15.5. The summed E-state index contributed by atoms with van der Waals surface area (Å²) in [6, 6.07) is 16.3. The lowest BCUT2D eigenvalue weighted by Gasteiger charge is -2.37. The van der Waals surface area contributed by atoms with Crippen LogP contribution in [0.2, 0.25) is 5.15 Å². The van der Waals surface area contributed by atoms with E-state index in [1.807, 2.05) is 31.2 Å². The maximum atomic E-state index is 12.9. The fourth-order valence-corrected chi connectivity index (χ4v) is 4.94. The van der Waals surface area contributed by atoms with Gasteiger partial charge in [-0.2, -0.15) is 0 Å². The first-order chi connectivity index (χ1) is 18.6. The summed E-state index contributed by atoms with van der Waals surface area (Å²) >= 11 is 5.97. The highest BCUT2D eigenvalue weighted by molar-refractivity contribution is 6.31. The molecule has 0 saturated carbocycles. The zero-order valence-electron chi connectivity index (χ0n) is 23.6. The number of hydrogen-bond donors (Lipinski definition) is 3. The summed E-state index contributed by atoms with van der Waals surface area (Å²) in [7, 11) is 5.60. The van der Waals surface area contributed by atoms with Gasteiger partial charge >= 0.3 is 0 Å². The van der Waals surface area contributed by atoms with Crippen molar-refractivity contribution in [2.24, 2.45) is 0 Å². The van der Waals surface area contributed by atoms with Gasteiger partial charge in [0.15, 0.2) is 22.5 Å². The summed E-state index contributed by atoms with van der Waals surface area (Å²) in [5.41, 5.74) is 14.1. The predicted octanol–water partition coefficient (Wildman–Crippen LogP) is 1.15. The molecule has 0 unspecified atom stereocenters. The number of carbonyl (C=O) groups is 1. The molecule has 1 aromatic heterocycles. The molecular formula is C29H40Cl2N6O3. The van der Waals surface area contributed by atoms with Crippen molar-refractivity contribution < 1.29 is 31.2 Å². The van der Waals surface area contributed by atoms with Gasteiger partial charge in [-0.3, -0.25) is 4.79 Å². The molecule has 0 aliphatic carbocycles. The number of benzene rings is 2. The van der Waals surface area contributed by atoms with E-state index in [0.717, 1.165) is 61.3 Å². The number of nitrogen functional groups attached to an aromatic ring is 2. The van der Waals surface area contributed by atoms with E-state index >= 15 is 0 Å². The SMILES string of the molecule is COc1ccc(CCC[N+](C)(CCCc2ccc(OC)cc2)C[C@H](C)NC(=O)c2nc(Cl)c(N)nc2N)cc1.[Cl-]. The van der Waals surface area contributed by atoms with Crippen molar-refractivity contribution >= 4 is 29.1 Å². The summed E-state index contributed by atoms with van der Waals surface area (Å²) in [5.74, 6) is 1.25. The summed E-state index contributed by atoms with van der Waals surface area (Å²) in [4.78, 5) is 20.9. The van der Waals surface area contributed by atoms with Crippen LogP contribution in [-0.2, 0) is 12.8 Å². The Bertz CT molecular complexity index is 1170. The van der Waals surface area contributed by atoms with Crippen molar-refractivity contribution in [1.82, 2.24) is 15.3 Å². The van der Waals surface area contributed by atoms with Crippen molar-refractivity contribution in [3.8, 4) is 11.5 Å². The molecule has 0 aliphatic rings. The number of nitrogens with zero attached hydrogens (tertiary/aromatic N) is 3. The molecule has 5 N–H and O–H groups in total. The topological polar surface area (TPSA) is 125 Å². The monoisotopic (exact) mass is 590 g/mol. The van der Waals surface area contributed by atoms with Gasteiger partial charge in [-0.1, -0.05) is 35.9 Å². The molecule has 0 bridgehead atoms. The van der Waals surface area contributed by atoms with E-state index in [0.29, 0.717) is 0 Å². The van der Waals surface area contributed by atoms with Crippen LogP contribution in [0.3, 0.4) is 0 Å². The second-order valence-electron chi connectivity index (χ2n) is 10.2. The van der Waals surface area contributed by atoms with Crippen molar-refractivity contribution in [3.05, 3.63) is 70.5 Å². The Labute approximate surface area is 248 Å². The largest absolute Gasteiger partial charge is 1.00 e. The Morgan fingerprint density at radius 3 is 1.82 bits per heavy atom. The third-order valence-electron chi connectivity index (χ3n) is 6.86. The Hall–Kier alpha value is -3.27. The molecule has 0 spiro atoms. The number of halogens is 2. The summed E-state index contributed by atoms with van der Waals surface area (Å²) in [5, 5.41) is 2.97. The minimum Gasteiger partial charge on any atom is -1.00 e. The lowest BCUT2D eigenvalue weighted by molar-refractivity contribution is -0.910. The molecule has 1 amide bonds. The molecule has 2 aromatic carbocycles. The lowest BCUT2D eigenvalue weighted by Crippen LogP contribution is -3.00. The maximum absolute atomic E-state index is 12.9. The molecule has 40 heavy (non-hydrogen) atoms. The predicted molar refractivity (Wildman–Crippen MR) is 156 cm³/mol. The van der Waals surface area contributed by atoms with E-state index in [1.54, 1.807) is 14.2 Å². The smallest absolute Gasteiger partial charge is 0.274 e. The normalized spacial score (nSPS) is 11.8. The average molecular weight is 592 g/mol. The number of quaternary nitrogens is 1. The van der Waals surface area contributed by atoms with Gasteiger partial charge in [-0.05, 0) is 55.2 Å². The van der Waals surface area contributed by atoms with Crippen LogP contribution in [0.4, 0.5) is 11.6 Å². The number of rotatable bonds is 14. The third kappa shape index (κ3) is 9.73. The number of amides is 1. The maximum Gasteiger partial charge on any atom is 0.274 e. The number of hydrogen-bond acceptors (Lipinski definition) is 7. The van der Waals surface area contributed by atoms with Gasteiger partial charge in [0.2, 0.25) is 0 Å². The number of aryl methyl sites for hydroxylation is 2. The summed E-state index contributed by atoms with van der Waals surface area (Å²) in [6.45, 7) is 4.66. The highest BCUT2D eigenvalue weighted by Gasteiger charge is 2.26. The first-order valence-electron chi connectivity index (χ1n) is 13.1. The molecule has 1 heterocycles. The molecule has 0 saturated heterocycles. The Balaban J connectivity index is 0.00000560. The molecule has 9 nitrogen and oxygen atoms in total. The van der Waals surface area contributed by atoms with Crippen LogP contribution in [0.25, 0.3) is 0 Å². The molecule has 1 atom stereocenters. The van der Waals surface area contributed by atoms with Crippen LogP contribution >= 0.6 is 11.6 Å². The minimum absolute atomic E-state index is 0. The van der Waals surface area contributed by atoms with E-state index in [1.165, 1.54) is 11.1 Å². The number of anilines is 2. The number of methoxy groups -OCH3 is 2. The van der Waals surface area contributed by atoms with Gasteiger partial charge in [0, 0.05) is 12.8 Å². The van der Waals surface area contributed by atoms with Crippen molar-refractivity contribution in [2.75, 3.05) is 52.4 Å². The Morgan fingerprint density at radius 1 is 0.900 bits per heavy atom. The number of nitrogens with two attached hydrogens (primary N) is 2. The molecular weight excluding hydrogens is 551 g/mol. The Kier molecular flexibility index (Phi) is 12.8. The highest BCUT2D eigenvalue weighted by atomic mass is 35.5. The zero-order chi connectivity index (χ0) is 28.4. The first-order valence-corrected chi connectivity index (χ1v) is 13.5. The fourth-order valence-electron chi connectivity index (χ4n) is 4.82. The van der Waals surface area contributed by atoms with Gasteiger partial charge in [0.1, 0.15) is 11.5 Å². The first kappa shape index (κ1) is 32.9. The molecule has 3 aromatic rings. The molecule has 11 heteroatoms. The number of nitrogens with one attached hydrogen (secondary N) is 1. The van der Waals surface area contributed by atoms with Crippen LogP contribution < -0.4 is 38.7 Å². The Morgan fingerprint density at radius 2 is 1.38 bits per heavy atom. The fraction of sp³-hybridized carbons (Fsp3) is 0.414. The zero-order valence-corrected chi connectivity index (χ0v) is 25.1. The average Bonchev–Trinajstić information content (AvgIpc) is 2.91. The molecule has 0 aliphatic heterocycles.